The quantitative estimate of drug-likeness (QED) is 0.261. The third-order valence-corrected chi connectivity index (χ3v) is 7.84. The zero-order valence-electron chi connectivity index (χ0n) is 24.1. The van der Waals surface area contributed by atoms with Gasteiger partial charge in [0.1, 0.15) is 41.0 Å². The molecule has 1 N–H and O–H groups in total. The number of Topliss-reactive ketones (excluding diaryl/α,β-unsaturated/α-hetero) is 2. The van der Waals surface area contributed by atoms with E-state index in [9.17, 15) is 14.7 Å². The van der Waals surface area contributed by atoms with Gasteiger partial charge in [-0.15, -0.1) is 0 Å². The van der Waals surface area contributed by atoms with Crippen molar-refractivity contribution >= 4 is 11.6 Å². The van der Waals surface area contributed by atoms with Gasteiger partial charge in [-0.05, 0) is 59.7 Å². The molecule has 2 heterocycles. The molecule has 2 aliphatic rings. The number of rotatable bonds is 7. The van der Waals surface area contributed by atoms with Gasteiger partial charge in [-0.3, -0.25) is 9.59 Å². The first-order chi connectivity index (χ1) is 20.8. The molecule has 4 aromatic rings. The molecular formula is C34H30O9. The normalized spacial score (nSPS) is 17.2. The number of ether oxygens (including phenoxy) is 6. The van der Waals surface area contributed by atoms with Crippen molar-refractivity contribution in [1.82, 2.24) is 0 Å². The van der Waals surface area contributed by atoms with E-state index in [4.69, 9.17) is 28.4 Å². The summed E-state index contributed by atoms with van der Waals surface area (Å²) in [4.78, 5) is 26.4. The van der Waals surface area contributed by atoms with Crippen molar-refractivity contribution in [2.75, 3.05) is 28.4 Å². The minimum Gasteiger partial charge on any atom is -0.507 e. The molecule has 0 bridgehead atoms. The van der Waals surface area contributed by atoms with Crippen LogP contribution in [0.1, 0.15) is 56.9 Å². The van der Waals surface area contributed by atoms with Crippen molar-refractivity contribution in [2.24, 2.45) is 0 Å². The van der Waals surface area contributed by atoms with E-state index in [1.807, 2.05) is 12.1 Å². The zero-order chi connectivity index (χ0) is 30.2. The molecule has 2 aliphatic heterocycles. The van der Waals surface area contributed by atoms with Gasteiger partial charge in [0.2, 0.25) is 0 Å². The summed E-state index contributed by atoms with van der Waals surface area (Å²) >= 11 is 0. The summed E-state index contributed by atoms with van der Waals surface area (Å²) in [6, 6.07) is 18.9. The van der Waals surface area contributed by atoms with E-state index in [2.05, 4.69) is 0 Å². The number of aromatic hydroxyl groups is 1. The molecule has 0 spiro atoms. The number of phenols is 1. The summed E-state index contributed by atoms with van der Waals surface area (Å²) in [6.07, 6.45) is -1.01. The van der Waals surface area contributed by atoms with E-state index >= 15 is 0 Å². The first-order valence-electron chi connectivity index (χ1n) is 13.7. The standard InChI is InChI=1S/C34H30O9/c1-38-20-7-8-21-25(36)16-29(42-31(21)15-20)18-5-11-27(39-2)23(13-18)33-24(35)10-9-22-26(37)17-30(43-34(22)33)19-6-12-28(40-3)32(14-19)41-4/h5-15,29-30,35H,16-17H2,1-4H3. The highest BCUT2D eigenvalue weighted by atomic mass is 16.5. The van der Waals surface area contributed by atoms with Crippen LogP contribution in [0.4, 0.5) is 0 Å². The van der Waals surface area contributed by atoms with E-state index in [1.165, 1.54) is 20.3 Å². The van der Waals surface area contributed by atoms with Crippen LogP contribution in [0, 0.1) is 0 Å². The average Bonchev–Trinajstić information content (AvgIpc) is 3.03. The molecule has 2 unspecified atom stereocenters. The van der Waals surface area contributed by atoms with Crippen LogP contribution in [-0.4, -0.2) is 45.1 Å². The Morgan fingerprint density at radius 1 is 0.628 bits per heavy atom. The number of carbonyl (C=O) groups excluding carboxylic acids is 2. The summed E-state index contributed by atoms with van der Waals surface area (Å²) in [5, 5.41) is 11.2. The Balaban J connectivity index is 1.42. The molecule has 0 fully saturated rings. The summed E-state index contributed by atoms with van der Waals surface area (Å²) < 4.78 is 34.5. The van der Waals surface area contributed by atoms with Crippen LogP contribution in [0.3, 0.4) is 0 Å². The predicted octanol–water partition coefficient (Wildman–Crippen LogP) is 6.51. The maximum absolute atomic E-state index is 13.4. The number of hydrogen-bond acceptors (Lipinski definition) is 9. The van der Waals surface area contributed by atoms with E-state index in [1.54, 1.807) is 62.8 Å². The fraction of sp³-hybridized carbons (Fsp3) is 0.235. The van der Waals surface area contributed by atoms with Gasteiger partial charge in [-0.2, -0.15) is 0 Å². The summed E-state index contributed by atoms with van der Waals surface area (Å²) in [7, 11) is 6.16. The first-order valence-corrected chi connectivity index (χ1v) is 13.7. The maximum Gasteiger partial charge on any atom is 0.170 e. The summed E-state index contributed by atoms with van der Waals surface area (Å²) in [5.41, 5.74) is 3.04. The number of hydrogen-bond donors (Lipinski definition) is 1. The van der Waals surface area contributed by atoms with Gasteiger partial charge in [0.25, 0.3) is 0 Å². The highest BCUT2D eigenvalue weighted by Gasteiger charge is 2.34. The van der Waals surface area contributed by atoms with Crippen LogP contribution < -0.4 is 28.4 Å². The van der Waals surface area contributed by atoms with Crippen molar-refractivity contribution < 1.29 is 43.1 Å². The van der Waals surface area contributed by atoms with E-state index < -0.39 is 12.2 Å². The van der Waals surface area contributed by atoms with Crippen molar-refractivity contribution in [3.05, 3.63) is 89.0 Å². The Hall–Kier alpha value is -5.18. The zero-order valence-corrected chi connectivity index (χ0v) is 24.1. The summed E-state index contributed by atoms with van der Waals surface area (Å²) in [5.74, 6) is 2.47. The van der Waals surface area contributed by atoms with Crippen molar-refractivity contribution in [3.8, 4) is 51.4 Å². The van der Waals surface area contributed by atoms with Crippen LogP contribution in [0.5, 0.6) is 40.2 Å². The van der Waals surface area contributed by atoms with Gasteiger partial charge < -0.3 is 33.5 Å². The van der Waals surface area contributed by atoms with Gasteiger partial charge in [-0.25, -0.2) is 0 Å². The molecule has 2 atom stereocenters. The molecule has 0 aromatic heterocycles. The third kappa shape index (κ3) is 4.97. The predicted molar refractivity (Wildman–Crippen MR) is 157 cm³/mol. The smallest absolute Gasteiger partial charge is 0.170 e. The highest BCUT2D eigenvalue weighted by molar-refractivity contribution is 6.04. The Bertz CT molecular complexity index is 1740. The van der Waals surface area contributed by atoms with Crippen molar-refractivity contribution in [2.45, 2.75) is 25.0 Å². The molecule has 0 saturated heterocycles. The second-order valence-corrected chi connectivity index (χ2v) is 10.2. The van der Waals surface area contributed by atoms with Gasteiger partial charge in [0.15, 0.2) is 23.1 Å². The van der Waals surface area contributed by atoms with Gasteiger partial charge >= 0.3 is 0 Å². The van der Waals surface area contributed by atoms with Crippen LogP contribution in [0.2, 0.25) is 0 Å². The Morgan fingerprint density at radius 2 is 1.26 bits per heavy atom. The van der Waals surface area contributed by atoms with Crippen molar-refractivity contribution in [3.63, 3.8) is 0 Å². The minimum atomic E-state index is -0.639. The van der Waals surface area contributed by atoms with Gasteiger partial charge in [0.05, 0.1) is 58.0 Å². The molecule has 220 valence electrons. The number of ketones is 2. The van der Waals surface area contributed by atoms with Crippen LogP contribution in [0.25, 0.3) is 11.1 Å². The fourth-order valence-corrected chi connectivity index (χ4v) is 5.61. The Kier molecular flexibility index (Phi) is 7.31. The second-order valence-electron chi connectivity index (χ2n) is 10.2. The SMILES string of the molecule is COc1ccc2c(c1)OC(c1ccc(OC)c(-c3c(O)ccc4c3OC(c3ccc(OC)c(OC)c3)CC4=O)c1)CC2=O. The lowest BCUT2D eigenvalue weighted by Crippen LogP contribution is -2.21. The number of fused-ring (bicyclic) bond motifs is 2. The Morgan fingerprint density at radius 3 is 1.95 bits per heavy atom. The summed E-state index contributed by atoms with van der Waals surface area (Å²) in [6.45, 7) is 0. The third-order valence-electron chi connectivity index (χ3n) is 7.84. The van der Waals surface area contributed by atoms with E-state index in [0.717, 1.165) is 5.56 Å². The van der Waals surface area contributed by atoms with Crippen molar-refractivity contribution in [1.29, 1.82) is 0 Å². The number of phenolic OH excluding ortho intramolecular Hbond substituents is 1. The minimum absolute atomic E-state index is 0.0575. The first kappa shape index (κ1) is 28.0. The van der Waals surface area contributed by atoms with Crippen LogP contribution in [0.15, 0.2) is 66.7 Å². The lowest BCUT2D eigenvalue weighted by molar-refractivity contribution is 0.0839. The molecular weight excluding hydrogens is 552 g/mol. The van der Waals surface area contributed by atoms with Crippen LogP contribution in [-0.2, 0) is 0 Å². The molecule has 0 saturated carbocycles. The van der Waals surface area contributed by atoms with E-state index in [-0.39, 0.29) is 35.9 Å². The Labute approximate surface area is 248 Å². The topological polar surface area (TPSA) is 110 Å². The molecule has 9 heteroatoms. The van der Waals surface area contributed by atoms with Gasteiger partial charge in [0, 0.05) is 11.6 Å². The number of methoxy groups -OCH3 is 4. The molecule has 43 heavy (non-hydrogen) atoms. The number of carbonyl (C=O) groups is 2. The highest BCUT2D eigenvalue weighted by Crippen LogP contribution is 2.50. The number of benzene rings is 4. The largest absolute Gasteiger partial charge is 0.507 e. The van der Waals surface area contributed by atoms with E-state index in [0.29, 0.717) is 56.6 Å². The molecule has 0 aliphatic carbocycles. The lowest BCUT2D eigenvalue weighted by Gasteiger charge is -2.29. The maximum atomic E-state index is 13.4. The van der Waals surface area contributed by atoms with Crippen LogP contribution >= 0.6 is 0 Å². The monoisotopic (exact) mass is 582 g/mol. The average molecular weight is 583 g/mol. The molecule has 9 nitrogen and oxygen atoms in total. The molecule has 6 rings (SSSR count). The second kappa shape index (κ2) is 11.2. The molecule has 0 radical (unpaired) electrons. The molecule has 4 aromatic carbocycles. The molecule has 0 amide bonds. The lowest BCUT2D eigenvalue weighted by atomic mass is 9.89. The van der Waals surface area contributed by atoms with Gasteiger partial charge in [-0.1, -0.05) is 12.1 Å². The fourth-order valence-electron chi connectivity index (χ4n) is 5.61.